The van der Waals surface area contributed by atoms with Gasteiger partial charge >= 0.3 is 0 Å². The molecule has 1 aromatic rings. The third kappa shape index (κ3) is 3.23. The van der Waals surface area contributed by atoms with Crippen molar-refractivity contribution >= 4 is 15.7 Å². The van der Waals surface area contributed by atoms with E-state index >= 15 is 0 Å². The molecule has 18 heavy (non-hydrogen) atoms. The van der Waals surface area contributed by atoms with Crippen LogP contribution in [0.1, 0.15) is 26.7 Å². The van der Waals surface area contributed by atoms with Gasteiger partial charge in [0, 0.05) is 25.8 Å². The molecule has 0 amide bonds. The van der Waals surface area contributed by atoms with Crippen LogP contribution >= 0.6 is 0 Å². The Morgan fingerprint density at radius 3 is 2.28 bits per heavy atom. The van der Waals surface area contributed by atoms with E-state index in [1.807, 2.05) is 6.92 Å². The molecule has 102 valence electrons. The minimum absolute atomic E-state index is 0.0176. The lowest BCUT2D eigenvalue weighted by atomic mass is 10.2. The fraction of sp³-hybridized carbons (Fsp3) is 0.538. The predicted octanol–water partition coefficient (Wildman–Crippen LogP) is 2.54. The van der Waals surface area contributed by atoms with E-state index in [9.17, 15) is 8.42 Å². The van der Waals surface area contributed by atoms with Crippen molar-refractivity contribution in [1.82, 2.24) is 4.31 Å². The normalized spacial score (nSPS) is 13.6. The van der Waals surface area contributed by atoms with Crippen molar-refractivity contribution in [3.63, 3.8) is 0 Å². The van der Waals surface area contributed by atoms with Gasteiger partial charge in [0.1, 0.15) is 0 Å². The van der Waals surface area contributed by atoms with Crippen LogP contribution < -0.4 is 5.32 Å². The van der Waals surface area contributed by atoms with Crippen molar-refractivity contribution in [3.05, 3.63) is 24.3 Å². The molecular formula is C13H22N2O2S. The molecule has 0 bridgehead atoms. The Hall–Kier alpha value is -1.07. The second-order valence-electron chi connectivity index (χ2n) is 4.43. The number of anilines is 1. The molecule has 0 saturated heterocycles. The highest BCUT2D eigenvalue weighted by atomic mass is 32.2. The molecule has 0 radical (unpaired) electrons. The fourth-order valence-electron chi connectivity index (χ4n) is 1.80. The lowest BCUT2D eigenvalue weighted by molar-refractivity contribution is 0.369. The molecule has 1 rings (SSSR count). The van der Waals surface area contributed by atoms with Crippen molar-refractivity contribution < 1.29 is 8.42 Å². The number of rotatable bonds is 6. The predicted molar refractivity (Wildman–Crippen MR) is 75.3 cm³/mol. The largest absolute Gasteiger partial charge is 0.388 e. The van der Waals surface area contributed by atoms with Crippen LogP contribution in [0.25, 0.3) is 0 Å². The van der Waals surface area contributed by atoms with Gasteiger partial charge in [0.25, 0.3) is 0 Å². The highest BCUT2D eigenvalue weighted by Gasteiger charge is 2.24. The van der Waals surface area contributed by atoms with Gasteiger partial charge < -0.3 is 5.32 Å². The van der Waals surface area contributed by atoms with E-state index in [0.29, 0.717) is 4.90 Å². The number of sulfonamides is 1. The summed E-state index contributed by atoms with van der Waals surface area (Å²) in [4.78, 5) is 0.340. The minimum atomic E-state index is -3.38. The first-order valence-corrected chi connectivity index (χ1v) is 7.63. The molecule has 4 nitrogen and oxygen atoms in total. The number of benzene rings is 1. The van der Waals surface area contributed by atoms with Crippen molar-refractivity contribution in [2.24, 2.45) is 0 Å². The van der Waals surface area contributed by atoms with E-state index in [1.165, 1.54) is 4.31 Å². The van der Waals surface area contributed by atoms with Gasteiger partial charge in [-0.25, -0.2) is 8.42 Å². The second-order valence-corrected chi connectivity index (χ2v) is 6.43. The van der Waals surface area contributed by atoms with Gasteiger partial charge in [-0.1, -0.05) is 13.3 Å². The topological polar surface area (TPSA) is 49.4 Å². The maximum absolute atomic E-state index is 12.4. The van der Waals surface area contributed by atoms with Crippen LogP contribution in [0.2, 0.25) is 0 Å². The first kappa shape index (κ1) is 15.0. The Kier molecular flexibility index (Phi) is 5.16. The first-order chi connectivity index (χ1) is 8.43. The molecule has 0 aliphatic rings. The van der Waals surface area contributed by atoms with E-state index in [1.54, 1.807) is 38.4 Å². The molecule has 0 aliphatic heterocycles. The number of nitrogens with one attached hydrogen (secondary N) is 1. The average Bonchev–Trinajstić information content (AvgIpc) is 2.38. The Morgan fingerprint density at radius 2 is 1.83 bits per heavy atom. The number of hydrogen-bond donors (Lipinski definition) is 1. The summed E-state index contributed by atoms with van der Waals surface area (Å²) < 4.78 is 26.2. The third-order valence-corrected chi connectivity index (χ3v) is 5.13. The molecule has 1 N–H and O–H groups in total. The lowest BCUT2D eigenvalue weighted by Crippen LogP contribution is -2.34. The smallest absolute Gasteiger partial charge is 0.243 e. The molecule has 1 aromatic carbocycles. The summed E-state index contributed by atoms with van der Waals surface area (Å²) in [6.07, 6.45) is 1.84. The minimum Gasteiger partial charge on any atom is -0.388 e. The fourth-order valence-corrected chi connectivity index (χ4v) is 3.19. The molecule has 0 aliphatic carbocycles. The maximum Gasteiger partial charge on any atom is 0.243 e. The van der Waals surface area contributed by atoms with Crippen molar-refractivity contribution in [1.29, 1.82) is 0 Å². The van der Waals surface area contributed by atoms with Crippen LogP contribution in [-0.2, 0) is 10.0 Å². The average molecular weight is 270 g/mol. The molecule has 5 heteroatoms. The van der Waals surface area contributed by atoms with Gasteiger partial charge in [0.15, 0.2) is 0 Å². The van der Waals surface area contributed by atoms with Crippen LogP contribution in [0.3, 0.4) is 0 Å². The maximum atomic E-state index is 12.4. The van der Waals surface area contributed by atoms with Crippen LogP contribution in [0, 0.1) is 0 Å². The lowest BCUT2D eigenvalue weighted by Gasteiger charge is -2.24. The third-order valence-electron chi connectivity index (χ3n) is 3.15. The Bertz CT molecular complexity index is 468. The van der Waals surface area contributed by atoms with Crippen LogP contribution in [0.15, 0.2) is 29.2 Å². The Balaban J connectivity index is 2.97. The summed E-state index contributed by atoms with van der Waals surface area (Å²) in [7, 11) is 0.0652. The van der Waals surface area contributed by atoms with Crippen molar-refractivity contribution in [2.45, 2.75) is 37.6 Å². The van der Waals surface area contributed by atoms with Gasteiger partial charge in [-0.3, -0.25) is 0 Å². The summed E-state index contributed by atoms with van der Waals surface area (Å²) in [6, 6.07) is 6.83. The zero-order valence-electron chi connectivity index (χ0n) is 11.5. The van der Waals surface area contributed by atoms with E-state index in [4.69, 9.17) is 0 Å². The Labute approximate surface area is 110 Å². The summed E-state index contributed by atoms with van der Waals surface area (Å²) >= 11 is 0. The van der Waals surface area contributed by atoms with Gasteiger partial charge in [0.2, 0.25) is 10.0 Å². The van der Waals surface area contributed by atoms with E-state index in [2.05, 4.69) is 12.2 Å². The van der Waals surface area contributed by atoms with E-state index in [0.717, 1.165) is 18.5 Å². The zero-order valence-corrected chi connectivity index (χ0v) is 12.3. The van der Waals surface area contributed by atoms with Crippen molar-refractivity contribution in [2.75, 3.05) is 19.4 Å². The Morgan fingerprint density at radius 1 is 1.28 bits per heavy atom. The van der Waals surface area contributed by atoms with Gasteiger partial charge in [0.05, 0.1) is 4.90 Å². The zero-order chi connectivity index (χ0) is 13.8. The monoisotopic (exact) mass is 270 g/mol. The first-order valence-electron chi connectivity index (χ1n) is 6.19. The van der Waals surface area contributed by atoms with Crippen LogP contribution in [0.5, 0.6) is 0 Å². The summed E-state index contributed by atoms with van der Waals surface area (Å²) in [5, 5.41) is 2.97. The number of hydrogen-bond acceptors (Lipinski definition) is 3. The standard InChI is InChI=1S/C13H22N2O2S/c1-5-6-11(2)15(4)18(16,17)13-9-7-12(14-3)8-10-13/h7-11,14H,5-6H2,1-4H3. The summed E-state index contributed by atoms with van der Waals surface area (Å²) in [6.45, 7) is 3.99. The highest BCUT2D eigenvalue weighted by Crippen LogP contribution is 2.20. The van der Waals surface area contributed by atoms with E-state index < -0.39 is 10.0 Å². The molecular weight excluding hydrogens is 248 g/mol. The molecule has 0 aromatic heterocycles. The SMILES string of the molecule is CCCC(C)N(C)S(=O)(=O)c1ccc(NC)cc1. The summed E-state index contributed by atoms with van der Waals surface area (Å²) in [5.74, 6) is 0. The molecule has 0 spiro atoms. The van der Waals surface area contributed by atoms with Gasteiger partial charge in [-0.2, -0.15) is 4.31 Å². The van der Waals surface area contributed by atoms with Gasteiger partial charge in [-0.05, 0) is 37.6 Å². The number of nitrogens with zero attached hydrogens (tertiary/aromatic N) is 1. The molecule has 0 heterocycles. The molecule has 1 atom stereocenters. The second kappa shape index (κ2) is 6.20. The van der Waals surface area contributed by atoms with Crippen LogP contribution in [0.4, 0.5) is 5.69 Å². The van der Waals surface area contributed by atoms with Crippen molar-refractivity contribution in [3.8, 4) is 0 Å². The quantitative estimate of drug-likeness (QED) is 0.864. The summed E-state index contributed by atoms with van der Waals surface area (Å²) in [5.41, 5.74) is 0.901. The van der Waals surface area contributed by atoms with Crippen LogP contribution in [-0.4, -0.2) is 32.9 Å². The molecule has 1 unspecified atom stereocenters. The molecule has 0 saturated carbocycles. The highest BCUT2D eigenvalue weighted by molar-refractivity contribution is 7.89. The molecule has 0 fully saturated rings. The van der Waals surface area contributed by atoms with Gasteiger partial charge in [-0.15, -0.1) is 0 Å². The van der Waals surface area contributed by atoms with E-state index in [-0.39, 0.29) is 6.04 Å².